The zero-order chi connectivity index (χ0) is 17.5. The van der Waals surface area contributed by atoms with Gasteiger partial charge in [0.15, 0.2) is 0 Å². The highest BCUT2D eigenvalue weighted by Crippen LogP contribution is 2.25. The molecule has 1 amide bonds. The van der Waals surface area contributed by atoms with Crippen molar-refractivity contribution >= 4 is 40.5 Å². The molecule has 24 heavy (non-hydrogen) atoms. The van der Waals surface area contributed by atoms with E-state index in [0.29, 0.717) is 28.0 Å². The number of ether oxygens (including phenoxy) is 1. The van der Waals surface area contributed by atoms with Crippen LogP contribution < -0.4 is 15.4 Å². The fourth-order valence-corrected chi connectivity index (χ4v) is 2.33. The lowest BCUT2D eigenvalue weighted by atomic mass is 10.3. The summed E-state index contributed by atoms with van der Waals surface area (Å²) in [6.07, 6.45) is 0. The molecule has 2 rings (SSSR count). The predicted octanol–water partition coefficient (Wildman–Crippen LogP) is 5.00. The summed E-state index contributed by atoms with van der Waals surface area (Å²) in [5.41, 5.74) is 2.28. The minimum Gasteiger partial charge on any atom is -0.489 e. The summed E-state index contributed by atoms with van der Waals surface area (Å²) in [5, 5.41) is 6.77. The first-order chi connectivity index (χ1) is 11.4. The van der Waals surface area contributed by atoms with Gasteiger partial charge in [-0.05, 0) is 55.0 Å². The number of anilines is 2. The molecule has 0 atom stereocenters. The van der Waals surface area contributed by atoms with Gasteiger partial charge in [-0.2, -0.15) is 0 Å². The minimum atomic E-state index is -0.184. The summed E-state index contributed by atoms with van der Waals surface area (Å²) in [6, 6.07) is 12.2. The van der Waals surface area contributed by atoms with Gasteiger partial charge in [-0.15, -0.1) is 0 Å². The van der Waals surface area contributed by atoms with Crippen LogP contribution in [0.3, 0.4) is 0 Å². The van der Waals surface area contributed by atoms with Crippen molar-refractivity contribution in [1.82, 2.24) is 0 Å². The molecule has 2 N–H and O–H groups in total. The number of nitrogens with one attached hydrogen (secondary N) is 2. The molecule has 0 heterocycles. The highest BCUT2D eigenvalue weighted by Gasteiger charge is 2.05. The molecule has 0 aliphatic heterocycles. The second kappa shape index (κ2) is 8.62. The Morgan fingerprint density at radius 2 is 1.88 bits per heavy atom. The second-order valence-corrected chi connectivity index (χ2v) is 6.14. The van der Waals surface area contributed by atoms with E-state index >= 15 is 0 Å². The third kappa shape index (κ3) is 5.80. The number of halogens is 2. The van der Waals surface area contributed by atoms with Crippen LogP contribution in [0, 0.1) is 0 Å². The maximum atomic E-state index is 12.0. The van der Waals surface area contributed by atoms with E-state index in [1.54, 1.807) is 42.5 Å². The molecule has 2 aromatic carbocycles. The van der Waals surface area contributed by atoms with Gasteiger partial charge in [0.05, 0.1) is 17.3 Å². The lowest BCUT2D eigenvalue weighted by molar-refractivity contribution is -0.114. The molecule has 126 valence electrons. The van der Waals surface area contributed by atoms with Crippen LogP contribution in [0.15, 0.2) is 54.6 Å². The summed E-state index contributed by atoms with van der Waals surface area (Å²) in [6.45, 7) is 6.24. The highest BCUT2D eigenvalue weighted by atomic mass is 35.5. The van der Waals surface area contributed by atoms with Crippen molar-refractivity contribution in [2.45, 2.75) is 6.92 Å². The van der Waals surface area contributed by atoms with E-state index in [9.17, 15) is 4.79 Å². The Kier molecular flexibility index (Phi) is 6.53. The minimum absolute atomic E-state index is 0.0925. The molecule has 0 spiro atoms. The van der Waals surface area contributed by atoms with Gasteiger partial charge in [0.2, 0.25) is 5.91 Å². The van der Waals surface area contributed by atoms with Crippen molar-refractivity contribution in [3.8, 4) is 5.75 Å². The van der Waals surface area contributed by atoms with Gasteiger partial charge in [-0.25, -0.2) is 0 Å². The topological polar surface area (TPSA) is 50.4 Å². The molecule has 2 aromatic rings. The summed E-state index contributed by atoms with van der Waals surface area (Å²) >= 11 is 11.9. The summed E-state index contributed by atoms with van der Waals surface area (Å²) in [5.74, 6) is 0.540. The maximum Gasteiger partial charge on any atom is 0.243 e. The molecule has 0 fully saturated rings. The van der Waals surface area contributed by atoms with E-state index in [1.807, 2.05) is 6.92 Å². The summed E-state index contributed by atoms with van der Waals surface area (Å²) in [7, 11) is 0. The van der Waals surface area contributed by atoms with Gasteiger partial charge in [-0.1, -0.05) is 29.8 Å². The third-order valence-electron chi connectivity index (χ3n) is 2.99. The third-order valence-corrected chi connectivity index (χ3v) is 3.54. The van der Waals surface area contributed by atoms with Gasteiger partial charge in [0, 0.05) is 10.7 Å². The normalized spacial score (nSPS) is 10.1. The lowest BCUT2D eigenvalue weighted by Crippen LogP contribution is -2.21. The number of rotatable bonds is 7. The van der Waals surface area contributed by atoms with E-state index in [1.165, 1.54) is 0 Å². The molecule has 0 aromatic heterocycles. The molecular weight excluding hydrogens is 347 g/mol. The van der Waals surface area contributed by atoms with Crippen LogP contribution >= 0.6 is 23.2 Å². The van der Waals surface area contributed by atoms with Crippen molar-refractivity contribution in [3.05, 3.63) is 64.7 Å². The van der Waals surface area contributed by atoms with Gasteiger partial charge >= 0.3 is 0 Å². The van der Waals surface area contributed by atoms with E-state index in [4.69, 9.17) is 27.9 Å². The van der Waals surface area contributed by atoms with Crippen LogP contribution in [0.4, 0.5) is 11.4 Å². The molecule has 0 unspecified atom stereocenters. The first-order valence-corrected chi connectivity index (χ1v) is 8.05. The van der Waals surface area contributed by atoms with Gasteiger partial charge in [-0.3, -0.25) is 4.79 Å². The SMILES string of the molecule is C=C(C)COc1ccc(NC(=O)CNc2ccc(Cl)cc2Cl)cc1. The fraction of sp³-hybridized carbons (Fsp3) is 0.167. The first-order valence-electron chi connectivity index (χ1n) is 7.30. The van der Waals surface area contributed by atoms with Gasteiger partial charge in [0.1, 0.15) is 12.4 Å². The van der Waals surface area contributed by atoms with Crippen LogP contribution in [-0.4, -0.2) is 19.1 Å². The molecule has 0 aliphatic carbocycles. The number of benzene rings is 2. The molecule has 0 saturated carbocycles. The Morgan fingerprint density at radius 1 is 1.17 bits per heavy atom. The van der Waals surface area contributed by atoms with Crippen molar-refractivity contribution in [2.75, 3.05) is 23.8 Å². The Labute approximate surface area is 151 Å². The number of hydrogen-bond acceptors (Lipinski definition) is 3. The standard InChI is InChI=1S/C18H18Cl2N2O2/c1-12(2)11-24-15-6-4-14(5-7-15)22-18(23)10-21-17-8-3-13(19)9-16(17)20/h3-9,21H,1,10-11H2,2H3,(H,22,23). The number of amides is 1. The van der Waals surface area contributed by atoms with Crippen molar-refractivity contribution < 1.29 is 9.53 Å². The van der Waals surface area contributed by atoms with Crippen LogP contribution in [0.2, 0.25) is 10.0 Å². The Hall–Kier alpha value is -2.17. The molecule has 6 heteroatoms. The number of carbonyl (C=O) groups excluding carboxylic acids is 1. The highest BCUT2D eigenvalue weighted by molar-refractivity contribution is 6.36. The summed E-state index contributed by atoms with van der Waals surface area (Å²) < 4.78 is 5.51. The lowest BCUT2D eigenvalue weighted by Gasteiger charge is -2.10. The van der Waals surface area contributed by atoms with Crippen LogP contribution in [0.1, 0.15) is 6.92 Å². The largest absolute Gasteiger partial charge is 0.489 e. The zero-order valence-corrected chi connectivity index (χ0v) is 14.7. The van der Waals surface area contributed by atoms with Crippen molar-refractivity contribution in [1.29, 1.82) is 0 Å². The van der Waals surface area contributed by atoms with Crippen molar-refractivity contribution in [2.24, 2.45) is 0 Å². The molecule has 4 nitrogen and oxygen atoms in total. The maximum absolute atomic E-state index is 12.0. The second-order valence-electron chi connectivity index (χ2n) is 5.30. The predicted molar refractivity (Wildman–Crippen MR) is 100 cm³/mol. The van der Waals surface area contributed by atoms with E-state index < -0.39 is 0 Å². The quantitative estimate of drug-likeness (QED) is 0.679. The van der Waals surface area contributed by atoms with Gasteiger partial charge in [0.25, 0.3) is 0 Å². The van der Waals surface area contributed by atoms with Crippen LogP contribution in [0.25, 0.3) is 0 Å². The van der Waals surface area contributed by atoms with Crippen molar-refractivity contribution in [3.63, 3.8) is 0 Å². The van der Waals surface area contributed by atoms with Gasteiger partial charge < -0.3 is 15.4 Å². The average Bonchev–Trinajstić information content (AvgIpc) is 2.53. The van der Waals surface area contributed by atoms with E-state index in [0.717, 1.165) is 11.3 Å². The average molecular weight is 365 g/mol. The van der Waals surface area contributed by atoms with Crippen LogP contribution in [0.5, 0.6) is 5.75 Å². The smallest absolute Gasteiger partial charge is 0.243 e. The molecule has 0 saturated heterocycles. The molecule has 0 aliphatic rings. The first kappa shape index (κ1) is 18.2. The fourth-order valence-electron chi connectivity index (χ4n) is 1.85. The van der Waals surface area contributed by atoms with E-state index in [-0.39, 0.29) is 12.5 Å². The molecule has 0 bridgehead atoms. The molecule has 0 radical (unpaired) electrons. The zero-order valence-electron chi connectivity index (χ0n) is 13.2. The molecular formula is C18H18Cl2N2O2. The Bertz CT molecular complexity index is 730. The Balaban J connectivity index is 1.84. The monoisotopic (exact) mass is 364 g/mol. The Morgan fingerprint density at radius 3 is 2.50 bits per heavy atom. The number of hydrogen-bond donors (Lipinski definition) is 2. The number of carbonyl (C=O) groups is 1. The van der Waals surface area contributed by atoms with E-state index in [2.05, 4.69) is 17.2 Å². The van der Waals surface area contributed by atoms with Crippen LogP contribution in [-0.2, 0) is 4.79 Å². The summed E-state index contributed by atoms with van der Waals surface area (Å²) in [4.78, 5) is 12.0.